The number of rotatable bonds is 6. The van der Waals surface area contributed by atoms with Crippen molar-refractivity contribution in [1.82, 2.24) is 24.8 Å². The second-order valence-electron chi connectivity index (χ2n) is 8.17. The van der Waals surface area contributed by atoms with Gasteiger partial charge >= 0.3 is 5.97 Å². The summed E-state index contributed by atoms with van der Waals surface area (Å²) in [4.78, 5) is 49.6. The Bertz CT molecular complexity index is 1430. The molecule has 1 amide bonds. The highest BCUT2D eigenvalue weighted by Gasteiger charge is 2.28. The predicted octanol–water partition coefficient (Wildman–Crippen LogP) is 2.47. The Morgan fingerprint density at radius 1 is 1.25 bits per heavy atom. The first-order chi connectivity index (χ1) is 15.4. The van der Waals surface area contributed by atoms with Crippen molar-refractivity contribution in [2.24, 2.45) is 0 Å². The third-order valence-corrected chi connectivity index (χ3v) is 5.66. The number of fused-ring (bicyclic) bond motifs is 3. The van der Waals surface area contributed by atoms with Gasteiger partial charge in [-0.05, 0) is 31.4 Å². The molecule has 0 unspecified atom stereocenters. The summed E-state index contributed by atoms with van der Waals surface area (Å²) in [6.45, 7) is 1.61. The maximum atomic E-state index is 13.0. The van der Waals surface area contributed by atoms with Crippen LogP contribution in [-0.2, 0) is 17.9 Å². The lowest BCUT2D eigenvalue weighted by atomic mass is 10.1. The highest BCUT2D eigenvalue weighted by molar-refractivity contribution is 6.05. The fourth-order valence-corrected chi connectivity index (χ4v) is 3.78. The number of pyridine rings is 2. The van der Waals surface area contributed by atoms with E-state index in [1.54, 1.807) is 6.20 Å². The molecule has 32 heavy (non-hydrogen) atoms. The lowest BCUT2D eigenvalue weighted by Crippen LogP contribution is -2.34. The van der Waals surface area contributed by atoms with E-state index in [0.29, 0.717) is 22.3 Å². The Labute approximate surface area is 182 Å². The quantitative estimate of drug-likeness (QED) is 0.430. The highest BCUT2D eigenvalue weighted by Crippen LogP contribution is 2.39. The summed E-state index contributed by atoms with van der Waals surface area (Å²) < 4.78 is 1.02. The van der Waals surface area contributed by atoms with Crippen LogP contribution < -0.4 is 10.9 Å². The van der Waals surface area contributed by atoms with Gasteiger partial charge in [-0.3, -0.25) is 19.0 Å². The molecule has 162 valence electrons. The van der Waals surface area contributed by atoms with Crippen LogP contribution in [-0.4, -0.2) is 36.5 Å². The maximum absolute atomic E-state index is 13.0. The molecule has 1 saturated carbocycles. The number of hydrogen-bond acceptors (Lipinski definition) is 5. The van der Waals surface area contributed by atoms with E-state index in [9.17, 15) is 19.5 Å². The van der Waals surface area contributed by atoms with Crippen LogP contribution in [0.5, 0.6) is 0 Å². The van der Waals surface area contributed by atoms with Crippen LogP contribution in [0.15, 0.2) is 41.3 Å². The largest absolute Gasteiger partial charge is 0.480 e. The zero-order valence-corrected chi connectivity index (χ0v) is 17.4. The number of carboxylic acids is 1. The molecule has 0 radical (unpaired) electrons. The molecule has 0 saturated heterocycles. The first-order valence-electron chi connectivity index (χ1n) is 10.4. The van der Waals surface area contributed by atoms with Crippen molar-refractivity contribution in [2.45, 2.75) is 38.8 Å². The Morgan fingerprint density at radius 2 is 2.00 bits per heavy atom. The van der Waals surface area contributed by atoms with E-state index < -0.39 is 24.0 Å². The van der Waals surface area contributed by atoms with E-state index in [0.717, 1.165) is 34.4 Å². The molecule has 0 atom stereocenters. The number of carbonyl (C=O) groups excluding carboxylic acids is 1. The number of aromatic nitrogens is 4. The van der Waals surface area contributed by atoms with Gasteiger partial charge < -0.3 is 15.4 Å². The van der Waals surface area contributed by atoms with Crippen LogP contribution in [0.3, 0.4) is 0 Å². The van der Waals surface area contributed by atoms with Gasteiger partial charge in [-0.1, -0.05) is 29.8 Å². The summed E-state index contributed by atoms with van der Waals surface area (Å²) in [6, 6.07) is 9.14. The monoisotopic (exact) mass is 431 g/mol. The summed E-state index contributed by atoms with van der Waals surface area (Å²) in [7, 11) is 0. The number of H-pyrrole nitrogens is 1. The van der Waals surface area contributed by atoms with Crippen LogP contribution in [0, 0.1) is 6.92 Å². The van der Waals surface area contributed by atoms with E-state index in [2.05, 4.69) is 20.3 Å². The molecule has 0 bridgehead atoms. The minimum Gasteiger partial charge on any atom is -0.480 e. The van der Waals surface area contributed by atoms with Gasteiger partial charge in [0.15, 0.2) is 0 Å². The van der Waals surface area contributed by atoms with Gasteiger partial charge in [0.1, 0.15) is 29.1 Å². The average molecular weight is 431 g/mol. The van der Waals surface area contributed by atoms with Gasteiger partial charge in [0.05, 0.1) is 11.7 Å². The second-order valence-corrected chi connectivity index (χ2v) is 8.17. The third kappa shape index (κ3) is 3.62. The first kappa shape index (κ1) is 19.9. The number of carbonyl (C=O) groups is 2. The highest BCUT2D eigenvalue weighted by atomic mass is 16.4. The number of aromatic amines is 1. The Balaban J connectivity index is 1.60. The van der Waals surface area contributed by atoms with Crippen LogP contribution in [0.4, 0.5) is 0 Å². The molecule has 9 nitrogen and oxygen atoms in total. The maximum Gasteiger partial charge on any atom is 0.323 e. The lowest BCUT2D eigenvalue weighted by Gasteiger charge is -2.11. The van der Waals surface area contributed by atoms with Crippen molar-refractivity contribution in [3.63, 3.8) is 0 Å². The van der Waals surface area contributed by atoms with Crippen molar-refractivity contribution in [1.29, 1.82) is 0 Å². The standard InChI is InChI=1S/C23H21N5O4/c1-12-2-4-13(5-3-12)9-25-22(31)16-8-15-19-17(26-20(27-19)14-6-7-14)10-24-21(15)28(23(16)32)11-18(29)30/h2-5,8,10,14H,6-7,9,11H2,1H3,(H,25,31)(H,26,27)(H,29,30). The molecular weight excluding hydrogens is 410 g/mol. The number of amides is 1. The third-order valence-electron chi connectivity index (χ3n) is 5.66. The minimum atomic E-state index is -1.20. The smallest absolute Gasteiger partial charge is 0.323 e. The summed E-state index contributed by atoms with van der Waals surface area (Å²) in [5, 5.41) is 12.6. The van der Waals surface area contributed by atoms with E-state index in [1.165, 1.54) is 6.07 Å². The molecule has 3 heterocycles. The van der Waals surface area contributed by atoms with Crippen molar-refractivity contribution < 1.29 is 14.7 Å². The molecule has 1 aliphatic carbocycles. The molecule has 9 heteroatoms. The fraction of sp³-hybridized carbons (Fsp3) is 0.261. The SMILES string of the molecule is Cc1ccc(CNC(=O)c2cc3c4nc(C5CC5)[nH]c4cnc3n(CC(=O)O)c2=O)cc1. The molecule has 3 aromatic heterocycles. The minimum absolute atomic E-state index is 0.142. The van der Waals surface area contributed by atoms with Gasteiger partial charge in [0, 0.05) is 17.8 Å². The number of imidazole rings is 1. The molecule has 0 spiro atoms. The predicted molar refractivity (Wildman–Crippen MR) is 118 cm³/mol. The van der Waals surface area contributed by atoms with Gasteiger partial charge in [0.25, 0.3) is 11.5 Å². The topological polar surface area (TPSA) is 130 Å². The van der Waals surface area contributed by atoms with Crippen molar-refractivity contribution in [2.75, 3.05) is 0 Å². The van der Waals surface area contributed by atoms with Crippen LogP contribution >= 0.6 is 0 Å². The number of nitrogens with one attached hydrogen (secondary N) is 2. The number of carboxylic acid groups (broad SMARTS) is 1. The Morgan fingerprint density at radius 3 is 2.69 bits per heavy atom. The lowest BCUT2D eigenvalue weighted by molar-refractivity contribution is -0.137. The molecular formula is C23H21N5O4. The van der Waals surface area contributed by atoms with Gasteiger partial charge in [0.2, 0.25) is 0 Å². The molecule has 0 aliphatic heterocycles. The molecule has 4 aromatic rings. The second kappa shape index (κ2) is 7.60. The molecule has 1 fully saturated rings. The van der Waals surface area contributed by atoms with Gasteiger partial charge in [-0.25, -0.2) is 9.97 Å². The molecule has 1 aromatic carbocycles. The Kier molecular flexibility index (Phi) is 4.73. The first-order valence-corrected chi connectivity index (χ1v) is 10.4. The van der Waals surface area contributed by atoms with E-state index in [1.807, 2.05) is 31.2 Å². The average Bonchev–Trinajstić information content (AvgIpc) is 3.53. The summed E-state index contributed by atoms with van der Waals surface area (Å²) >= 11 is 0. The van der Waals surface area contributed by atoms with Crippen LogP contribution in [0.1, 0.15) is 46.1 Å². The van der Waals surface area contributed by atoms with E-state index in [-0.39, 0.29) is 17.8 Å². The number of benzene rings is 1. The number of nitrogens with zero attached hydrogens (tertiary/aromatic N) is 3. The van der Waals surface area contributed by atoms with Crippen molar-refractivity contribution in [3.8, 4) is 0 Å². The zero-order valence-electron chi connectivity index (χ0n) is 17.4. The van der Waals surface area contributed by atoms with Crippen LogP contribution in [0.25, 0.3) is 22.1 Å². The fourth-order valence-electron chi connectivity index (χ4n) is 3.78. The summed E-state index contributed by atoms with van der Waals surface area (Å²) in [6.07, 6.45) is 3.66. The molecule has 5 rings (SSSR count). The van der Waals surface area contributed by atoms with E-state index >= 15 is 0 Å². The molecule has 1 aliphatic rings. The molecule has 3 N–H and O–H groups in total. The summed E-state index contributed by atoms with van der Waals surface area (Å²) in [5.74, 6) is -0.560. The Hall–Kier alpha value is -4.01. The van der Waals surface area contributed by atoms with E-state index in [4.69, 9.17) is 0 Å². The number of aryl methyl sites for hydroxylation is 1. The van der Waals surface area contributed by atoms with Crippen molar-refractivity contribution in [3.05, 3.63) is 69.4 Å². The van der Waals surface area contributed by atoms with Crippen LogP contribution in [0.2, 0.25) is 0 Å². The summed E-state index contributed by atoms with van der Waals surface area (Å²) in [5.41, 5.74) is 2.60. The van der Waals surface area contributed by atoms with Crippen molar-refractivity contribution >= 4 is 33.9 Å². The van der Waals surface area contributed by atoms with Gasteiger partial charge in [-0.15, -0.1) is 0 Å². The normalized spacial score (nSPS) is 13.5. The van der Waals surface area contributed by atoms with Gasteiger partial charge in [-0.2, -0.15) is 0 Å². The number of hydrogen-bond donors (Lipinski definition) is 3. The zero-order chi connectivity index (χ0) is 22.4. The number of aliphatic carboxylic acids is 1.